The molecule has 1 aromatic rings. The molecule has 0 fully saturated rings. The Kier molecular flexibility index (Phi) is 6.71. The van der Waals surface area contributed by atoms with Crippen molar-refractivity contribution in [2.24, 2.45) is 0 Å². The van der Waals surface area contributed by atoms with Gasteiger partial charge in [-0.2, -0.15) is 0 Å². The first kappa shape index (κ1) is 20.6. The number of rotatable bonds is 8. The minimum absolute atomic E-state index is 0.0345. The van der Waals surface area contributed by atoms with Crippen LogP contribution in [0.1, 0.15) is 53.0 Å². The van der Waals surface area contributed by atoms with Gasteiger partial charge in [-0.25, -0.2) is 0 Å². The molecule has 0 N–H and O–H groups in total. The van der Waals surface area contributed by atoms with Gasteiger partial charge in [0.05, 0.1) is 17.7 Å². The van der Waals surface area contributed by atoms with Gasteiger partial charge in [0.15, 0.2) is 0 Å². The lowest BCUT2D eigenvalue weighted by atomic mass is 10.1. The van der Waals surface area contributed by atoms with Crippen LogP contribution in [-0.2, 0) is 9.59 Å². The Hall–Kier alpha value is -2.70. The second kappa shape index (κ2) is 8.79. The van der Waals surface area contributed by atoms with E-state index in [-0.39, 0.29) is 43.1 Å². The van der Waals surface area contributed by atoms with Crippen molar-refractivity contribution in [1.82, 2.24) is 14.7 Å². The van der Waals surface area contributed by atoms with Gasteiger partial charge >= 0.3 is 0 Å². The summed E-state index contributed by atoms with van der Waals surface area (Å²) in [7, 11) is 1.59. The fraction of sp³-hybridized carbons (Fsp3) is 0.500. The van der Waals surface area contributed by atoms with Crippen molar-refractivity contribution in [3.05, 3.63) is 34.9 Å². The van der Waals surface area contributed by atoms with Gasteiger partial charge in [0, 0.05) is 33.1 Å². The van der Waals surface area contributed by atoms with Crippen LogP contribution < -0.4 is 0 Å². The maximum atomic E-state index is 12.4. The second-order valence-corrected chi connectivity index (χ2v) is 6.73. The Balaban J connectivity index is 1.86. The van der Waals surface area contributed by atoms with E-state index in [1.54, 1.807) is 30.1 Å². The van der Waals surface area contributed by atoms with Crippen LogP contribution >= 0.6 is 0 Å². The molecule has 1 aromatic carbocycles. The van der Waals surface area contributed by atoms with Crippen molar-refractivity contribution >= 4 is 23.6 Å². The zero-order valence-electron chi connectivity index (χ0n) is 16.4. The van der Waals surface area contributed by atoms with Crippen LogP contribution in [0.2, 0.25) is 0 Å². The lowest BCUT2D eigenvalue weighted by Crippen LogP contribution is -2.41. The number of hydrogen-bond donors (Lipinski definition) is 0. The summed E-state index contributed by atoms with van der Waals surface area (Å²) in [5, 5.41) is 0. The Morgan fingerprint density at radius 2 is 1.63 bits per heavy atom. The topological polar surface area (TPSA) is 78.0 Å². The molecule has 0 unspecified atom stereocenters. The molecule has 27 heavy (non-hydrogen) atoms. The molecule has 0 aromatic heterocycles. The Morgan fingerprint density at radius 1 is 1.00 bits per heavy atom. The highest BCUT2D eigenvalue weighted by atomic mass is 16.2. The molecule has 7 nitrogen and oxygen atoms in total. The molecule has 0 radical (unpaired) electrons. The summed E-state index contributed by atoms with van der Waals surface area (Å²) < 4.78 is 0. The molecule has 7 heteroatoms. The van der Waals surface area contributed by atoms with Crippen LogP contribution in [0.25, 0.3) is 0 Å². The predicted molar refractivity (Wildman–Crippen MR) is 101 cm³/mol. The number of aryl methyl sites for hydroxylation is 1. The monoisotopic (exact) mass is 373 g/mol. The number of nitrogens with zero attached hydrogens (tertiary/aromatic N) is 3. The molecule has 1 aliphatic rings. The highest BCUT2D eigenvalue weighted by molar-refractivity contribution is 6.21. The maximum Gasteiger partial charge on any atom is 0.261 e. The zero-order chi connectivity index (χ0) is 20.1. The van der Waals surface area contributed by atoms with Gasteiger partial charge in [-0.1, -0.05) is 11.6 Å². The van der Waals surface area contributed by atoms with Gasteiger partial charge < -0.3 is 9.80 Å². The van der Waals surface area contributed by atoms with Gasteiger partial charge in [0.2, 0.25) is 11.8 Å². The van der Waals surface area contributed by atoms with Gasteiger partial charge in [0.25, 0.3) is 11.8 Å². The summed E-state index contributed by atoms with van der Waals surface area (Å²) in [5.41, 5.74) is 1.76. The molecule has 0 atom stereocenters. The number of hydrogen-bond acceptors (Lipinski definition) is 4. The highest BCUT2D eigenvalue weighted by Crippen LogP contribution is 2.24. The standard InChI is InChI=1S/C20H27N3O4/c1-5-22(6-2)18(25)13-21(4)17(24)8-7-11-23-19(26)15-10-9-14(3)12-16(15)20(23)27/h9-10,12H,5-8,11,13H2,1-4H3. The summed E-state index contributed by atoms with van der Waals surface area (Å²) in [5.74, 6) is -0.891. The summed E-state index contributed by atoms with van der Waals surface area (Å²) in [4.78, 5) is 53.4. The Labute approximate surface area is 159 Å². The SMILES string of the molecule is CCN(CC)C(=O)CN(C)C(=O)CCCN1C(=O)c2ccc(C)cc2C1=O. The van der Waals surface area contributed by atoms with Crippen LogP contribution in [0, 0.1) is 6.92 Å². The fourth-order valence-electron chi connectivity index (χ4n) is 3.15. The lowest BCUT2D eigenvalue weighted by Gasteiger charge is -2.23. The van der Waals surface area contributed by atoms with Gasteiger partial charge in [-0.3, -0.25) is 24.1 Å². The van der Waals surface area contributed by atoms with Crippen LogP contribution in [0.15, 0.2) is 18.2 Å². The average molecular weight is 373 g/mol. The largest absolute Gasteiger partial charge is 0.342 e. The summed E-state index contributed by atoms with van der Waals surface area (Å²) in [6.45, 7) is 7.10. The van der Waals surface area contributed by atoms with Crippen LogP contribution in [0.5, 0.6) is 0 Å². The molecule has 0 saturated heterocycles. The predicted octanol–water partition coefficient (Wildman–Crippen LogP) is 1.70. The fourth-order valence-corrected chi connectivity index (χ4v) is 3.15. The van der Waals surface area contributed by atoms with E-state index < -0.39 is 0 Å². The average Bonchev–Trinajstić information content (AvgIpc) is 2.86. The normalized spacial score (nSPS) is 13.0. The third kappa shape index (κ3) is 4.53. The van der Waals surface area contributed by atoms with Crippen LogP contribution in [-0.4, -0.2) is 71.6 Å². The molecule has 2 rings (SSSR count). The van der Waals surface area contributed by atoms with Crippen molar-refractivity contribution in [2.75, 3.05) is 33.2 Å². The molecule has 0 saturated carbocycles. The van der Waals surface area contributed by atoms with Crippen LogP contribution in [0.3, 0.4) is 0 Å². The number of carbonyl (C=O) groups is 4. The van der Waals surface area contributed by atoms with E-state index >= 15 is 0 Å². The number of likely N-dealkylation sites (N-methyl/N-ethyl adjacent to an activating group) is 2. The minimum atomic E-state index is -0.312. The van der Waals surface area contributed by atoms with E-state index in [2.05, 4.69) is 0 Å². The quantitative estimate of drug-likeness (QED) is 0.650. The number of carbonyl (C=O) groups excluding carboxylic acids is 4. The van der Waals surface area contributed by atoms with Crippen molar-refractivity contribution in [2.45, 2.75) is 33.6 Å². The van der Waals surface area contributed by atoms with Crippen molar-refractivity contribution in [3.63, 3.8) is 0 Å². The Bertz CT molecular complexity index is 756. The van der Waals surface area contributed by atoms with Gasteiger partial charge in [-0.05, 0) is 39.3 Å². The molecule has 4 amide bonds. The molecule has 146 valence electrons. The van der Waals surface area contributed by atoms with E-state index in [1.165, 1.54) is 9.80 Å². The smallest absolute Gasteiger partial charge is 0.261 e. The summed E-state index contributed by atoms with van der Waals surface area (Å²) >= 11 is 0. The van der Waals surface area contributed by atoms with Gasteiger partial charge in [-0.15, -0.1) is 0 Å². The van der Waals surface area contributed by atoms with Crippen molar-refractivity contribution in [1.29, 1.82) is 0 Å². The van der Waals surface area contributed by atoms with E-state index in [9.17, 15) is 19.2 Å². The summed E-state index contributed by atoms with van der Waals surface area (Å²) in [6, 6.07) is 5.19. The first-order valence-corrected chi connectivity index (χ1v) is 9.28. The second-order valence-electron chi connectivity index (χ2n) is 6.73. The molecule has 1 aliphatic heterocycles. The molecular weight excluding hydrogens is 346 g/mol. The molecule has 0 bridgehead atoms. The first-order chi connectivity index (χ1) is 12.8. The van der Waals surface area contributed by atoms with Crippen molar-refractivity contribution in [3.8, 4) is 0 Å². The van der Waals surface area contributed by atoms with E-state index in [0.29, 0.717) is 30.6 Å². The Morgan fingerprint density at radius 3 is 2.26 bits per heavy atom. The molecule has 0 aliphatic carbocycles. The number of fused-ring (bicyclic) bond motifs is 1. The number of benzene rings is 1. The van der Waals surface area contributed by atoms with Crippen LogP contribution in [0.4, 0.5) is 0 Å². The maximum absolute atomic E-state index is 12.4. The minimum Gasteiger partial charge on any atom is -0.342 e. The molecule has 0 spiro atoms. The third-order valence-corrected chi connectivity index (χ3v) is 4.81. The van der Waals surface area contributed by atoms with Crippen molar-refractivity contribution < 1.29 is 19.2 Å². The van der Waals surface area contributed by atoms with E-state index in [1.807, 2.05) is 20.8 Å². The third-order valence-electron chi connectivity index (χ3n) is 4.81. The lowest BCUT2D eigenvalue weighted by molar-refractivity contribution is -0.139. The number of amides is 4. The highest BCUT2D eigenvalue weighted by Gasteiger charge is 2.35. The summed E-state index contributed by atoms with van der Waals surface area (Å²) in [6.07, 6.45) is 0.543. The van der Waals surface area contributed by atoms with E-state index in [0.717, 1.165) is 5.56 Å². The number of imide groups is 1. The van der Waals surface area contributed by atoms with E-state index in [4.69, 9.17) is 0 Å². The zero-order valence-corrected chi connectivity index (χ0v) is 16.4. The molecule has 1 heterocycles. The van der Waals surface area contributed by atoms with Gasteiger partial charge in [0.1, 0.15) is 0 Å². The first-order valence-electron chi connectivity index (χ1n) is 9.28. The molecular formula is C20H27N3O4.